The molecule has 3 fully saturated rings. The lowest BCUT2D eigenvalue weighted by molar-refractivity contribution is -0.176. The van der Waals surface area contributed by atoms with E-state index in [1.807, 2.05) is 45.0 Å². The molecule has 1 saturated carbocycles. The highest BCUT2D eigenvalue weighted by atomic mass is 35.5. The molecule has 0 aromatic heterocycles. The number of nitrogens with zero attached hydrogens (tertiary/aromatic N) is 2. The molecule has 5 amide bonds. The highest BCUT2D eigenvalue weighted by Crippen LogP contribution is 2.49. The summed E-state index contributed by atoms with van der Waals surface area (Å²) in [6.07, 6.45) is 0.272. The number of amides is 5. The summed E-state index contributed by atoms with van der Waals surface area (Å²) in [6.45, 7) is 8.82. The summed E-state index contributed by atoms with van der Waals surface area (Å²) in [4.78, 5) is 69.3. The number of halogens is 1. The number of rotatable bonds is 11. The number of aryl methyl sites for hydroxylation is 2. The number of carbonyl (C=O) groups is 5. The predicted octanol–water partition coefficient (Wildman–Crippen LogP) is 3.76. The van der Waals surface area contributed by atoms with Crippen LogP contribution in [0.5, 0.6) is 5.75 Å². The Hall–Kier alpha value is -3.96. The first-order chi connectivity index (χ1) is 21.9. The number of ether oxygens (including phenoxy) is 2. The Morgan fingerprint density at radius 3 is 2.43 bits per heavy atom. The molecule has 2 aromatic rings. The van der Waals surface area contributed by atoms with Gasteiger partial charge >= 0.3 is 6.03 Å². The van der Waals surface area contributed by atoms with Gasteiger partial charge in [-0.1, -0.05) is 55.0 Å². The third-order valence-electron chi connectivity index (χ3n) is 9.38. The van der Waals surface area contributed by atoms with Crippen molar-refractivity contribution in [3.63, 3.8) is 0 Å². The fourth-order valence-corrected chi connectivity index (χ4v) is 7.28. The van der Waals surface area contributed by atoms with Crippen LogP contribution >= 0.6 is 11.6 Å². The van der Waals surface area contributed by atoms with Crippen molar-refractivity contribution >= 4 is 41.1 Å². The highest BCUT2D eigenvalue weighted by Gasteiger charge is 2.69. The number of nitrogens with one attached hydrogen (secondary N) is 2. The maximum Gasteiger partial charge on any atom is 0.330 e. The lowest BCUT2D eigenvalue weighted by atomic mass is 9.61. The standard InChI is InChI=1S/C34H41ClN4O7/c1-6-34(46-26-14-13-20(3)17-21(26)4)31(43)37-33(34)16-15-24(35)25(18-33)36-28(41)27(22(5)40)39-29(42)30(45-7-2)38(32(39)44)19-23-11-9-8-10-12-23/h8-14,17,24-25,27,30H,6-7,15-16,18-19H2,1-5H3,(H,36,41)(H,37,43). The van der Waals surface area contributed by atoms with Gasteiger partial charge in [-0.25, -0.2) is 9.69 Å². The summed E-state index contributed by atoms with van der Waals surface area (Å²) in [7, 11) is 0. The zero-order valence-corrected chi connectivity index (χ0v) is 27.6. The van der Waals surface area contributed by atoms with Gasteiger partial charge in [0.1, 0.15) is 5.75 Å². The van der Waals surface area contributed by atoms with Gasteiger partial charge in [0.05, 0.1) is 17.5 Å². The van der Waals surface area contributed by atoms with Gasteiger partial charge in [-0.05, 0) is 70.6 Å². The fourth-order valence-electron chi connectivity index (χ4n) is 7.02. The van der Waals surface area contributed by atoms with Crippen molar-refractivity contribution in [1.29, 1.82) is 0 Å². The number of imide groups is 1. The predicted molar refractivity (Wildman–Crippen MR) is 170 cm³/mol. The fraction of sp³-hybridized carbons (Fsp3) is 0.500. The molecule has 246 valence electrons. The van der Waals surface area contributed by atoms with Gasteiger partial charge in [-0.15, -0.1) is 11.6 Å². The SMILES string of the molecule is CCOC1C(=O)N(C(C(C)=O)C(=O)NC2CC3(CCC2Cl)NC(=O)C3(CC)Oc2ccc(C)cc2C)C(=O)N1Cc1ccccc1. The molecule has 0 bridgehead atoms. The number of β-lactam (4-membered cyclic amide) rings is 1. The molecule has 12 heteroatoms. The van der Waals surface area contributed by atoms with Crippen LogP contribution in [0.4, 0.5) is 4.79 Å². The highest BCUT2D eigenvalue weighted by molar-refractivity contribution is 6.21. The number of alkyl halides is 1. The maximum absolute atomic E-state index is 13.9. The summed E-state index contributed by atoms with van der Waals surface area (Å²) in [6, 6.07) is 11.6. The van der Waals surface area contributed by atoms with Crippen molar-refractivity contribution in [3.05, 3.63) is 65.2 Å². The Balaban J connectivity index is 1.38. The number of hydrogen-bond acceptors (Lipinski definition) is 7. The average molecular weight is 653 g/mol. The van der Waals surface area contributed by atoms with Gasteiger partial charge in [0.25, 0.3) is 17.7 Å². The zero-order chi connectivity index (χ0) is 33.4. The topological polar surface area (TPSA) is 134 Å². The van der Waals surface area contributed by atoms with Crippen LogP contribution in [0.1, 0.15) is 63.1 Å². The van der Waals surface area contributed by atoms with E-state index in [0.717, 1.165) is 23.6 Å². The van der Waals surface area contributed by atoms with E-state index in [0.29, 0.717) is 29.9 Å². The summed E-state index contributed by atoms with van der Waals surface area (Å²) < 4.78 is 12.1. The van der Waals surface area contributed by atoms with Crippen molar-refractivity contribution in [1.82, 2.24) is 20.4 Å². The van der Waals surface area contributed by atoms with Crippen molar-refractivity contribution in [2.45, 2.75) is 102 Å². The molecule has 6 unspecified atom stereocenters. The molecule has 1 spiro atoms. The van der Waals surface area contributed by atoms with E-state index in [4.69, 9.17) is 21.1 Å². The molecular weight excluding hydrogens is 612 g/mol. The van der Waals surface area contributed by atoms with E-state index in [2.05, 4.69) is 10.6 Å². The zero-order valence-electron chi connectivity index (χ0n) is 26.8. The summed E-state index contributed by atoms with van der Waals surface area (Å²) >= 11 is 6.76. The van der Waals surface area contributed by atoms with E-state index in [-0.39, 0.29) is 25.5 Å². The van der Waals surface area contributed by atoms with Crippen molar-refractivity contribution in [2.75, 3.05) is 6.61 Å². The molecule has 5 rings (SSSR count). The second-order valence-corrected chi connectivity index (χ2v) is 12.9. The molecule has 2 heterocycles. The number of benzene rings is 2. The third kappa shape index (κ3) is 5.75. The van der Waals surface area contributed by atoms with Crippen molar-refractivity contribution in [3.8, 4) is 5.75 Å². The Kier molecular flexibility index (Phi) is 9.47. The molecule has 11 nitrogen and oxygen atoms in total. The van der Waals surface area contributed by atoms with Crippen LogP contribution in [0, 0.1) is 13.8 Å². The van der Waals surface area contributed by atoms with Crippen LogP contribution in [-0.4, -0.2) is 80.8 Å². The quantitative estimate of drug-likeness (QED) is 0.163. The summed E-state index contributed by atoms with van der Waals surface area (Å²) in [5.74, 6) is -1.96. The minimum Gasteiger partial charge on any atom is -0.475 e. The first kappa shape index (κ1) is 33.4. The Morgan fingerprint density at radius 1 is 1.11 bits per heavy atom. The first-order valence-corrected chi connectivity index (χ1v) is 16.1. The van der Waals surface area contributed by atoms with Gasteiger partial charge in [0.15, 0.2) is 11.8 Å². The molecule has 2 N–H and O–H groups in total. The van der Waals surface area contributed by atoms with E-state index in [1.165, 1.54) is 4.90 Å². The van der Waals surface area contributed by atoms with Crippen molar-refractivity contribution in [2.24, 2.45) is 0 Å². The summed E-state index contributed by atoms with van der Waals surface area (Å²) in [5.41, 5.74) is 0.684. The molecule has 1 aliphatic carbocycles. The monoisotopic (exact) mass is 652 g/mol. The van der Waals surface area contributed by atoms with Crippen LogP contribution in [-0.2, 0) is 30.5 Å². The number of carbonyl (C=O) groups excluding carboxylic acids is 5. The number of urea groups is 1. The van der Waals surface area contributed by atoms with E-state index in [1.54, 1.807) is 31.2 Å². The molecule has 3 aliphatic rings. The second kappa shape index (κ2) is 13.0. The number of Topliss-reactive ketones (excluding diaryl/α,β-unsaturated/α-hetero) is 1. The number of ketones is 1. The van der Waals surface area contributed by atoms with Crippen LogP contribution < -0.4 is 15.4 Å². The Bertz CT molecular complexity index is 1540. The number of hydrogen-bond donors (Lipinski definition) is 2. The van der Waals surface area contributed by atoms with E-state index in [9.17, 15) is 24.0 Å². The third-order valence-corrected chi connectivity index (χ3v) is 9.90. The van der Waals surface area contributed by atoms with Crippen LogP contribution in [0.25, 0.3) is 0 Å². The lowest BCUT2D eigenvalue weighted by Gasteiger charge is -2.60. The first-order valence-electron chi connectivity index (χ1n) is 15.7. The van der Waals surface area contributed by atoms with Crippen molar-refractivity contribution < 1.29 is 33.4 Å². The Morgan fingerprint density at radius 2 is 1.83 bits per heavy atom. The molecule has 2 aliphatic heterocycles. The van der Waals surface area contributed by atoms with Gasteiger partial charge in [0, 0.05) is 12.6 Å². The lowest BCUT2D eigenvalue weighted by Crippen LogP contribution is -2.85. The molecular formula is C34H41ClN4O7. The largest absolute Gasteiger partial charge is 0.475 e. The molecule has 6 atom stereocenters. The smallest absolute Gasteiger partial charge is 0.330 e. The van der Waals surface area contributed by atoms with Gasteiger partial charge < -0.3 is 20.1 Å². The van der Waals surface area contributed by atoms with Crippen LogP contribution in [0.2, 0.25) is 0 Å². The van der Waals surface area contributed by atoms with Gasteiger partial charge in [-0.2, -0.15) is 0 Å². The van der Waals surface area contributed by atoms with Gasteiger partial charge in [0.2, 0.25) is 11.8 Å². The van der Waals surface area contributed by atoms with E-state index >= 15 is 0 Å². The summed E-state index contributed by atoms with van der Waals surface area (Å²) in [5, 5.41) is 5.38. The maximum atomic E-state index is 13.9. The molecule has 46 heavy (non-hydrogen) atoms. The minimum atomic E-state index is -1.73. The van der Waals surface area contributed by atoms with Crippen LogP contribution in [0.15, 0.2) is 48.5 Å². The molecule has 2 saturated heterocycles. The molecule has 2 aromatic carbocycles. The van der Waals surface area contributed by atoms with E-state index < -0.39 is 58.5 Å². The normalized spacial score (nSPS) is 28.1. The minimum absolute atomic E-state index is 0.0486. The van der Waals surface area contributed by atoms with Gasteiger partial charge in [-0.3, -0.25) is 24.1 Å². The average Bonchev–Trinajstić information content (AvgIpc) is 3.23. The molecule has 0 radical (unpaired) electrons. The Labute approximate surface area is 273 Å². The second-order valence-electron chi connectivity index (χ2n) is 12.4. The van der Waals surface area contributed by atoms with Crippen LogP contribution in [0.3, 0.4) is 0 Å².